The molecule has 0 bridgehead atoms. The summed E-state index contributed by atoms with van der Waals surface area (Å²) >= 11 is 7.45. The number of aromatic nitrogens is 2. The number of methoxy groups -OCH3 is 1. The number of nitrogens with one attached hydrogen (secondary N) is 1. The number of hydrogen-bond acceptors (Lipinski definition) is 7. The molecule has 0 atom stereocenters. The summed E-state index contributed by atoms with van der Waals surface area (Å²) in [7, 11) is 1.31. The zero-order valence-electron chi connectivity index (χ0n) is 14.8. The molecule has 1 aliphatic heterocycles. The Kier molecular flexibility index (Phi) is 5.43. The molecule has 7 nitrogen and oxygen atoms in total. The van der Waals surface area contributed by atoms with Gasteiger partial charge in [0.25, 0.3) is 5.91 Å². The molecule has 0 aliphatic carbocycles. The highest BCUT2D eigenvalue weighted by Gasteiger charge is 2.24. The summed E-state index contributed by atoms with van der Waals surface area (Å²) in [6.45, 7) is 5.42. The number of esters is 1. The molecule has 26 heavy (non-hydrogen) atoms. The van der Waals surface area contributed by atoms with E-state index in [2.05, 4.69) is 15.3 Å². The van der Waals surface area contributed by atoms with E-state index in [4.69, 9.17) is 16.3 Å². The molecule has 0 radical (unpaired) electrons. The summed E-state index contributed by atoms with van der Waals surface area (Å²) in [5.74, 6) is -0.485. The fourth-order valence-corrected chi connectivity index (χ4v) is 4.03. The lowest BCUT2D eigenvalue weighted by Gasteiger charge is -2.16. The number of hydrogen-bond donors (Lipinski definition) is 1. The van der Waals surface area contributed by atoms with Gasteiger partial charge in [-0.3, -0.25) is 4.79 Å². The standard InChI is InChI=1S/C17H19ClN4O3S/c1-9-10(2)26-15(12(9)16(24)25-3)21-14(23)13-11(18)8-19-17(20-13)22-6-4-5-7-22/h8H,4-7H2,1-3H3,(H,21,23). The van der Waals surface area contributed by atoms with E-state index in [0.717, 1.165) is 36.4 Å². The maximum atomic E-state index is 12.7. The minimum Gasteiger partial charge on any atom is -0.465 e. The molecule has 0 aromatic carbocycles. The van der Waals surface area contributed by atoms with Crippen molar-refractivity contribution in [2.75, 3.05) is 30.4 Å². The van der Waals surface area contributed by atoms with E-state index < -0.39 is 11.9 Å². The Bertz CT molecular complexity index is 862. The van der Waals surface area contributed by atoms with Crippen LogP contribution in [0.1, 0.15) is 44.1 Å². The molecular formula is C17H19ClN4O3S. The molecule has 9 heteroatoms. The van der Waals surface area contributed by atoms with Gasteiger partial charge >= 0.3 is 5.97 Å². The molecule has 1 saturated heterocycles. The summed E-state index contributed by atoms with van der Waals surface area (Å²) < 4.78 is 4.83. The van der Waals surface area contributed by atoms with Gasteiger partial charge in [-0.2, -0.15) is 0 Å². The second kappa shape index (κ2) is 7.59. The number of aryl methyl sites for hydroxylation is 1. The van der Waals surface area contributed by atoms with Crippen molar-refractivity contribution in [2.45, 2.75) is 26.7 Å². The van der Waals surface area contributed by atoms with Gasteiger partial charge in [0.05, 0.1) is 23.9 Å². The Morgan fingerprint density at radius 2 is 2.00 bits per heavy atom. The third kappa shape index (κ3) is 3.52. The average Bonchev–Trinajstić information content (AvgIpc) is 3.24. The SMILES string of the molecule is COC(=O)c1c(NC(=O)c2nc(N3CCCC3)ncc2Cl)sc(C)c1C. The molecule has 1 fully saturated rings. The first kappa shape index (κ1) is 18.6. The van der Waals surface area contributed by atoms with Crippen molar-refractivity contribution in [3.8, 4) is 0 Å². The molecule has 3 heterocycles. The zero-order chi connectivity index (χ0) is 18.8. The largest absolute Gasteiger partial charge is 0.465 e. The molecule has 1 amide bonds. The fourth-order valence-electron chi connectivity index (χ4n) is 2.81. The highest BCUT2D eigenvalue weighted by Crippen LogP contribution is 2.33. The molecule has 0 unspecified atom stereocenters. The highest BCUT2D eigenvalue weighted by molar-refractivity contribution is 7.16. The quantitative estimate of drug-likeness (QED) is 0.799. The van der Waals surface area contributed by atoms with Gasteiger partial charge < -0.3 is 15.0 Å². The summed E-state index contributed by atoms with van der Waals surface area (Å²) in [5, 5.41) is 3.34. The van der Waals surface area contributed by atoms with E-state index in [1.165, 1.54) is 24.6 Å². The number of anilines is 2. The van der Waals surface area contributed by atoms with Crippen LogP contribution in [0.25, 0.3) is 0 Å². The van der Waals surface area contributed by atoms with E-state index in [0.29, 0.717) is 16.5 Å². The van der Waals surface area contributed by atoms with Crippen molar-refractivity contribution in [1.82, 2.24) is 9.97 Å². The van der Waals surface area contributed by atoms with E-state index in [9.17, 15) is 9.59 Å². The lowest BCUT2D eigenvalue weighted by molar-refractivity contribution is 0.0601. The smallest absolute Gasteiger partial charge is 0.341 e. The predicted octanol–water partition coefficient (Wildman–Crippen LogP) is 3.45. The number of carbonyl (C=O) groups excluding carboxylic acids is 2. The topological polar surface area (TPSA) is 84.4 Å². The van der Waals surface area contributed by atoms with Gasteiger partial charge in [0.2, 0.25) is 5.95 Å². The number of nitrogens with zero attached hydrogens (tertiary/aromatic N) is 3. The number of carbonyl (C=O) groups is 2. The third-order valence-corrected chi connectivity index (χ3v) is 5.74. The molecule has 0 spiro atoms. The maximum Gasteiger partial charge on any atom is 0.341 e. The Balaban J connectivity index is 1.90. The zero-order valence-corrected chi connectivity index (χ0v) is 16.3. The second-order valence-electron chi connectivity index (χ2n) is 5.99. The van der Waals surface area contributed by atoms with E-state index >= 15 is 0 Å². The van der Waals surface area contributed by atoms with Gasteiger partial charge in [-0.1, -0.05) is 11.6 Å². The molecule has 2 aromatic rings. The van der Waals surface area contributed by atoms with Gasteiger partial charge in [0.15, 0.2) is 5.69 Å². The van der Waals surface area contributed by atoms with Crippen molar-refractivity contribution in [3.05, 3.63) is 32.9 Å². The number of rotatable bonds is 4. The highest BCUT2D eigenvalue weighted by atomic mass is 35.5. The maximum absolute atomic E-state index is 12.7. The van der Waals surface area contributed by atoms with E-state index in [1.54, 1.807) is 0 Å². The van der Waals surface area contributed by atoms with Gasteiger partial charge in [0, 0.05) is 18.0 Å². The molecule has 2 aromatic heterocycles. The van der Waals surface area contributed by atoms with Crippen LogP contribution in [0.15, 0.2) is 6.20 Å². The molecule has 1 aliphatic rings. The molecular weight excluding hydrogens is 376 g/mol. The van der Waals surface area contributed by atoms with Crippen molar-refractivity contribution >= 4 is 45.8 Å². The summed E-state index contributed by atoms with van der Waals surface area (Å²) in [4.78, 5) is 36.3. The van der Waals surface area contributed by atoms with Gasteiger partial charge in [0.1, 0.15) is 5.00 Å². The molecule has 0 saturated carbocycles. The Morgan fingerprint density at radius 1 is 1.31 bits per heavy atom. The van der Waals surface area contributed by atoms with Crippen LogP contribution in [0, 0.1) is 13.8 Å². The normalized spacial score (nSPS) is 13.8. The third-order valence-electron chi connectivity index (χ3n) is 4.34. The van der Waals surface area contributed by atoms with Crippen molar-refractivity contribution in [3.63, 3.8) is 0 Å². The average molecular weight is 395 g/mol. The van der Waals surface area contributed by atoms with Gasteiger partial charge in [-0.25, -0.2) is 14.8 Å². The monoisotopic (exact) mass is 394 g/mol. The Hall–Kier alpha value is -2.19. The first-order valence-corrected chi connectivity index (χ1v) is 9.39. The molecule has 3 rings (SSSR count). The number of amides is 1. The van der Waals surface area contributed by atoms with Crippen LogP contribution in [-0.2, 0) is 4.74 Å². The van der Waals surface area contributed by atoms with Gasteiger partial charge in [-0.05, 0) is 32.3 Å². The van der Waals surface area contributed by atoms with Crippen LogP contribution < -0.4 is 10.2 Å². The lowest BCUT2D eigenvalue weighted by atomic mass is 10.1. The number of ether oxygens (including phenoxy) is 1. The van der Waals surface area contributed by atoms with Crippen LogP contribution in [0.4, 0.5) is 10.9 Å². The van der Waals surface area contributed by atoms with Crippen molar-refractivity contribution in [2.24, 2.45) is 0 Å². The molecule has 138 valence electrons. The fraction of sp³-hybridized carbons (Fsp3) is 0.412. The van der Waals surface area contributed by atoms with Crippen LogP contribution in [0.3, 0.4) is 0 Å². The summed E-state index contributed by atoms with van der Waals surface area (Å²) in [6, 6.07) is 0. The Labute approximate surface area is 160 Å². The summed E-state index contributed by atoms with van der Waals surface area (Å²) in [5.41, 5.74) is 1.22. The second-order valence-corrected chi connectivity index (χ2v) is 7.63. The van der Waals surface area contributed by atoms with E-state index in [-0.39, 0.29) is 10.7 Å². The van der Waals surface area contributed by atoms with Gasteiger partial charge in [-0.15, -0.1) is 11.3 Å². The predicted molar refractivity (Wildman–Crippen MR) is 102 cm³/mol. The van der Waals surface area contributed by atoms with E-state index in [1.807, 2.05) is 18.7 Å². The van der Waals surface area contributed by atoms with Crippen LogP contribution >= 0.6 is 22.9 Å². The summed E-state index contributed by atoms with van der Waals surface area (Å²) in [6.07, 6.45) is 3.58. The Morgan fingerprint density at radius 3 is 2.65 bits per heavy atom. The first-order valence-electron chi connectivity index (χ1n) is 8.19. The lowest BCUT2D eigenvalue weighted by Crippen LogP contribution is -2.23. The minimum atomic E-state index is -0.492. The van der Waals surface area contributed by atoms with Crippen LogP contribution in [-0.4, -0.2) is 42.0 Å². The molecule has 1 N–H and O–H groups in total. The van der Waals surface area contributed by atoms with Crippen LogP contribution in [0.5, 0.6) is 0 Å². The van der Waals surface area contributed by atoms with Crippen molar-refractivity contribution in [1.29, 1.82) is 0 Å². The van der Waals surface area contributed by atoms with Crippen LogP contribution in [0.2, 0.25) is 5.02 Å². The minimum absolute atomic E-state index is 0.0862. The number of halogens is 1. The number of thiophene rings is 1. The van der Waals surface area contributed by atoms with Crippen molar-refractivity contribution < 1.29 is 14.3 Å². The first-order chi connectivity index (χ1) is 12.4.